The Morgan fingerprint density at radius 2 is 2.25 bits per heavy atom. The maximum absolute atomic E-state index is 12.0. The number of carbonyl (C=O) groups is 1. The van der Waals surface area contributed by atoms with Crippen molar-refractivity contribution in [2.24, 2.45) is 5.92 Å². The molecule has 2 N–H and O–H groups in total. The lowest BCUT2D eigenvalue weighted by Crippen LogP contribution is -2.24. The van der Waals surface area contributed by atoms with E-state index in [0.29, 0.717) is 5.82 Å². The zero-order chi connectivity index (χ0) is 13.8. The van der Waals surface area contributed by atoms with Crippen LogP contribution in [0.4, 0.5) is 5.82 Å². The minimum atomic E-state index is 0.0555. The van der Waals surface area contributed by atoms with Crippen molar-refractivity contribution in [1.29, 1.82) is 0 Å². The first-order valence-electron chi connectivity index (χ1n) is 6.88. The Bertz CT molecular complexity index is 573. The highest BCUT2D eigenvalue weighted by atomic mass is 16.2. The Morgan fingerprint density at radius 1 is 1.40 bits per heavy atom. The highest BCUT2D eigenvalue weighted by Crippen LogP contribution is 2.12. The maximum atomic E-state index is 12.0. The molecule has 1 fully saturated rings. The molecule has 0 radical (unpaired) electrons. The predicted octanol–water partition coefficient (Wildman–Crippen LogP) is 1.48. The van der Waals surface area contributed by atoms with Crippen molar-refractivity contribution in [3.05, 3.63) is 48.4 Å². The minimum absolute atomic E-state index is 0.0555. The quantitative estimate of drug-likeness (QED) is 0.884. The first-order chi connectivity index (χ1) is 9.81. The Kier molecular flexibility index (Phi) is 3.78. The van der Waals surface area contributed by atoms with E-state index in [1.807, 2.05) is 29.0 Å². The normalized spacial score (nSPS) is 18.1. The van der Waals surface area contributed by atoms with Gasteiger partial charge in [0.05, 0.1) is 12.2 Å². The SMILES string of the molecule is O=C(Nc1cn(Cc2ccccc2)cn1)[C@H]1CCNC1. The van der Waals surface area contributed by atoms with Crippen LogP contribution in [0.1, 0.15) is 12.0 Å². The van der Waals surface area contributed by atoms with Crippen molar-refractivity contribution in [3.63, 3.8) is 0 Å². The van der Waals surface area contributed by atoms with Gasteiger partial charge in [-0.25, -0.2) is 4.98 Å². The number of hydrogen-bond acceptors (Lipinski definition) is 3. The number of imidazole rings is 1. The van der Waals surface area contributed by atoms with Gasteiger partial charge in [0.2, 0.25) is 5.91 Å². The Balaban J connectivity index is 1.60. The van der Waals surface area contributed by atoms with Crippen LogP contribution in [0, 0.1) is 5.92 Å². The van der Waals surface area contributed by atoms with Gasteiger partial charge >= 0.3 is 0 Å². The van der Waals surface area contributed by atoms with Gasteiger partial charge in [0.25, 0.3) is 0 Å². The second-order valence-corrected chi connectivity index (χ2v) is 5.10. The van der Waals surface area contributed by atoms with Crippen LogP contribution >= 0.6 is 0 Å². The predicted molar refractivity (Wildman–Crippen MR) is 77.4 cm³/mol. The molecule has 5 nitrogen and oxygen atoms in total. The second kappa shape index (κ2) is 5.88. The third-order valence-electron chi connectivity index (χ3n) is 3.52. The second-order valence-electron chi connectivity index (χ2n) is 5.10. The van der Waals surface area contributed by atoms with Crippen LogP contribution < -0.4 is 10.6 Å². The third-order valence-corrected chi connectivity index (χ3v) is 3.52. The van der Waals surface area contributed by atoms with Gasteiger partial charge in [0, 0.05) is 19.3 Å². The fourth-order valence-electron chi connectivity index (χ4n) is 2.41. The zero-order valence-corrected chi connectivity index (χ0v) is 11.2. The molecule has 0 saturated carbocycles. The number of nitrogens with one attached hydrogen (secondary N) is 2. The highest BCUT2D eigenvalue weighted by Gasteiger charge is 2.22. The third kappa shape index (κ3) is 3.05. The molecule has 1 aliphatic heterocycles. The Hall–Kier alpha value is -2.14. The average Bonchev–Trinajstić information content (AvgIpc) is 3.11. The van der Waals surface area contributed by atoms with Crippen LogP contribution in [0.15, 0.2) is 42.9 Å². The fourth-order valence-corrected chi connectivity index (χ4v) is 2.41. The molecule has 0 spiro atoms. The average molecular weight is 270 g/mol. The van der Waals surface area contributed by atoms with E-state index < -0.39 is 0 Å². The topological polar surface area (TPSA) is 59.0 Å². The van der Waals surface area contributed by atoms with Crippen molar-refractivity contribution >= 4 is 11.7 Å². The number of carbonyl (C=O) groups excluding carboxylic acids is 1. The van der Waals surface area contributed by atoms with Gasteiger partial charge in [-0.1, -0.05) is 30.3 Å². The van der Waals surface area contributed by atoms with E-state index in [1.54, 1.807) is 6.33 Å². The molecule has 5 heteroatoms. The number of benzene rings is 1. The molecular formula is C15H18N4O. The number of hydrogen-bond donors (Lipinski definition) is 2. The van der Waals surface area contributed by atoms with Gasteiger partial charge in [-0.2, -0.15) is 0 Å². The van der Waals surface area contributed by atoms with Gasteiger partial charge < -0.3 is 15.2 Å². The van der Waals surface area contributed by atoms with Crippen LogP contribution in [0.25, 0.3) is 0 Å². The molecule has 1 aliphatic rings. The van der Waals surface area contributed by atoms with E-state index in [4.69, 9.17) is 0 Å². The molecule has 1 aromatic carbocycles. The van der Waals surface area contributed by atoms with Crippen molar-refractivity contribution in [2.75, 3.05) is 18.4 Å². The summed E-state index contributed by atoms with van der Waals surface area (Å²) in [5.74, 6) is 0.743. The highest BCUT2D eigenvalue weighted by molar-refractivity contribution is 5.91. The van der Waals surface area contributed by atoms with Crippen LogP contribution in [0.5, 0.6) is 0 Å². The largest absolute Gasteiger partial charge is 0.331 e. The summed E-state index contributed by atoms with van der Waals surface area (Å²) in [4.78, 5) is 16.2. The molecular weight excluding hydrogens is 252 g/mol. The number of amides is 1. The summed E-state index contributed by atoms with van der Waals surface area (Å²) in [5.41, 5.74) is 1.21. The summed E-state index contributed by atoms with van der Waals surface area (Å²) in [6, 6.07) is 10.2. The summed E-state index contributed by atoms with van der Waals surface area (Å²) in [6.07, 6.45) is 4.51. The van der Waals surface area contributed by atoms with Crippen LogP contribution in [0.2, 0.25) is 0 Å². The number of rotatable bonds is 4. The lowest BCUT2D eigenvalue weighted by molar-refractivity contribution is -0.119. The van der Waals surface area contributed by atoms with E-state index in [1.165, 1.54) is 5.56 Å². The van der Waals surface area contributed by atoms with Crippen molar-refractivity contribution < 1.29 is 4.79 Å². The summed E-state index contributed by atoms with van der Waals surface area (Å²) in [5, 5.41) is 6.07. The molecule has 0 aliphatic carbocycles. The number of aromatic nitrogens is 2. The minimum Gasteiger partial charge on any atom is -0.331 e. The summed E-state index contributed by atoms with van der Waals surface area (Å²) in [6.45, 7) is 2.44. The first kappa shape index (κ1) is 12.9. The molecule has 1 aromatic heterocycles. The Labute approximate surface area is 118 Å². The summed E-state index contributed by atoms with van der Waals surface area (Å²) < 4.78 is 1.97. The molecule has 1 saturated heterocycles. The monoisotopic (exact) mass is 270 g/mol. The molecule has 104 valence electrons. The van der Waals surface area contributed by atoms with Gasteiger partial charge in [0.15, 0.2) is 5.82 Å². The number of nitrogens with zero attached hydrogens (tertiary/aromatic N) is 2. The smallest absolute Gasteiger partial charge is 0.230 e. The molecule has 3 rings (SSSR count). The van der Waals surface area contributed by atoms with E-state index in [2.05, 4.69) is 27.8 Å². The summed E-state index contributed by atoms with van der Waals surface area (Å²) in [7, 11) is 0. The van der Waals surface area contributed by atoms with Crippen molar-refractivity contribution in [3.8, 4) is 0 Å². The first-order valence-corrected chi connectivity index (χ1v) is 6.88. The molecule has 2 aromatic rings. The number of anilines is 1. The molecule has 1 amide bonds. The fraction of sp³-hybridized carbons (Fsp3) is 0.333. The Morgan fingerprint density at radius 3 is 3.00 bits per heavy atom. The van der Waals surface area contributed by atoms with Gasteiger partial charge in [-0.05, 0) is 18.5 Å². The molecule has 20 heavy (non-hydrogen) atoms. The molecule has 2 heterocycles. The van der Waals surface area contributed by atoms with E-state index in [0.717, 1.165) is 26.1 Å². The lowest BCUT2D eigenvalue weighted by Gasteiger charge is -2.07. The zero-order valence-electron chi connectivity index (χ0n) is 11.2. The maximum Gasteiger partial charge on any atom is 0.230 e. The van der Waals surface area contributed by atoms with Crippen LogP contribution in [0.3, 0.4) is 0 Å². The summed E-state index contributed by atoms with van der Waals surface area (Å²) >= 11 is 0. The van der Waals surface area contributed by atoms with Gasteiger partial charge in [-0.15, -0.1) is 0 Å². The standard InChI is InChI=1S/C15H18N4O/c20-15(13-6-7-16-8-13)18-14-10-19(11-17-14)9-12-4-2-1-3-5-12/h1-5,10-11,13,16H,6-9H2,(H,18,20)/t13-/m0/s1. The molecule has 0 unspecified atom stereocenters. The van der Waals surface area contributed by atoms with Crippen molar-refractivity contribution in [2.45, 2.75) is 13.0 Å². The van der Waals surface area contributed by atoms with Crippen LogP contribution in [-0.4, -0.2) is 28.5 Å². The van der Waals surface area contributed by atoms with E-state index in [9.17, 15) is 4.79 Å². The molecule has 0 bridgehead atoms. The van der Waals surface area contributed by atoms with Gasteiger partial charge in [-0.3, -0.25) is 4.79 Å². The van der Waals surface area contributed by atoms with Gasteiger partial charge in [0.1, 0.15) is 0 Å². The van der Waals surface area contributed by atoms with Crippen molar-refractivity contribution in [1.82, 2.24) is 14.9 Å². The van der Waals surface area contributed by atoms with E-state index in [-0.39, 0.29) is 11.8 Å². The van der Waals surface area contributed by atoms with E-state index >= 15 is 0 Å². The molecule has 1 atom stereocenters. The van der Waals surface area contributed by atoms with Crippen LogP contribution in [-0.2, 0) is 11.3 Å². The lowest BCUT2D eigenvalue weighted by atomic mass is 10.1.